The van der Waals surface area contributed by atoms with Crippen molar-refractivity contribution < 1.29 is 51.8 Å². The van der Waals surface area contributed by atoms with E-state index in [1.165, 1.54) is 353 Å². The van der Waals surface area contributed by atoms with Crippen molar-refractivity contribution >= 4 is 16.3 Å². The molecule has 12 nitrogen and oxygen atoms in total. The minimum atomic E-state index is -5.09. The first-order chi connectivity index (χ1) is 44.0. The second-order valence-electron chi connectivity index (χ2n) is 28.0. The van der Waals surface area contributed by atoms with E-state index in [4.69, 9.17) is 9.47 Å². The molecule has 1 fully saturated rings. The summed E-state index contributed by atoms with van der Waals surface area (Å²) in [7, 11) is -5.09. The van der Waals surface area contributed by atoms with Crippen molar-refractivity contribution in [2.45, 2.75) is 461 Å². The molecular formula is C77H151NO11S. The summed E-state index contributed by atoms with van der Waals surface area (Å²) >= 11 is 0. The summed E-state index contributed by atoms with van der Waals surface area (Å²) in [5, 5.41) is 45.3. The molecule has 1 heterocycles. The van der Waals surface area contributed by atoms with E-state index in [0.29, 0.717) is 6.42 Å². The number of allylic oxidation sites excluding steroid dienone is 1. The SMILES string of the molecule is CCCCCCCCCCCCCCCCCCCCCCCC/C=C/C(O)C(COC1OC(CO)C(O)C(OS(=O)(=O)O)C1O)NC(=O)CCCCCCCCCCCCCCCCCCCCCCCCCCCCCCCCCCCCCCCCC. The van der Waals surface area contributed by atoms with E-state index in [1.807, 2.05) is 6.08 Å². The minimum Gasteiger partial charge on any atom is -0.394 e. The molecule has 0 aromatic carbocycles. The third-order valence-corrected chi connectivity index (χ3v) is 19.8. The van der Waals surface area contributed by atoms with Crippen LogP contribution in [-0.4, -0.2) is 95.4 Å². The molecule has 0 aromatic heterocycles. The molecule has 13 heteroatoms. The molecule has 1 rings (SSSR count). The zero-order valence-electron chi connectivity index (χ0n) is 59.3. The summed E-state index contributed by atoms with van der Waals surface area (Å²) in [6.45, 7) is 3.48. The van der Waals surface area contributed by atoms with Crippen molar-refractivity contribution in [1.29, 1.82) is 0 Å². The van der Waals surface area contributed by atoms with Gasteiger partial charge in [-0.15, -0.1) is 0 Å². The summed E-state index contributed by atoms with van der Waals surface area (Å²) in [4.78, 5) is 13.2. The maximum Gasteiger partial charge on any atom is 0.397 e. The fourth-order valence-corrected chi connectivity index (χ4v) is 13.8. The van der Waals surface area contributed by atoms with Gasteiger partial charge in [-0.3, -0.25) is 9.35 Å². The lowest BCUT2D eigenvalue weighted by atomic mass is 9.99. The number of carbonyl (C=O) groups excluding carboxylic acids is 1. The fourth-order valence-electron chi connectivity index (χ4n) is 13.3. The second kappa shape index (κ2) is 66.5. The molecule has 6 N–H and O–H groups in total. The zero-order valence-corrected chi connectivity index (χ0v) is 60.1. The monoisotopic (exact) mass is 1300 g/mol. The highest BCUT2D eigenvalue weighted by Crippen LogP contribution is 2.27. The average Bonchev–Trinajstić information content (AvgIpc) is 1.05. The quantitative estimate of drug-likeness (QED) is 0.0193. The second-order valence-corrected chi connectivity index (χ2v) is 29.1. The topological polar surface area (TPSA) is 192 Å². The molecule has 0 aliphatic carbocycles. The van der Waals surface area contributed by atoms with E-state index < -0.39 is 59.9 Å². The molecule has 7 unspecified atom stereocenters. The van der Waals surface area contributed by atoms with Crippen LogP contribution >= 0.6 is 0 Å². The van der Waals surface area contributed by atoms with E-state index in [-0.39, 0.29) is 18.9 Å². The van der Waals surface area contributed by atoms with Crippen LogP contribution < -0.4 is 5.32 Å². The molecule has 536 valence electrons. The van der Waals surface area contributed by atoms with Crippen LogP contribution in [0.15, 0.2) is 12.2 Å². The van der Waals surface area contributed by atoms with Crippen LogP contribution in [-0.2, 0) is 28.9 Å². The van der Waals surface area contributed by atoms with Crippen LogP contribution in [0.5, 0.6) is 0 Å². The smallest absolute Gasteiger partial charge is 0.394 e. The highest BCUT2D eigenvalue weighted by Gasteiger charge is 2.48. The van der Waals surface area contributed by atoms with E-state index in [2.05, 4.69) is 23.3 Å². The lowest BCUT2D eigenvalue weighted by molar-refractivity contribution is -0.298. The first-order valence-electron chi connectivity index (χ1n) is 39.6. The van der Waals surface area contributed by atoms with Gasteiger partial charge < -0.3 is 35.2 Å². The summed E-state index contributed by atoms with van der Waals surface area (Å²) in [5.74, 6) is -0.251. The van der Waals surface area contributed by atoms with Gasteiger partial charge in [0.05, 0.1) is 25.4 Å². The van der Waals surface area contributed by atoms with E-state index in [9.17, 15) is 38.2 Å². The number of aliphatic hydroxyl groups excluding tert-OH is 4. The van der Waals surface area contributed by atoms with Gasteiger partial charge in [0.2, 0.25) is 5.91 Å². The number of rotatable bonds is 72. The van der Waals surface area contributed by atoms with Crippen molar-refractivity contribution in [2.24, 2.45) is 0 Å². The third-order valence-electron chi connectivity index (χ3n) is 19.3. The molecule has 0 saturated carbocycles. The van der Waals surface area contributed by atoms with Gasteiger partial charge in [-0.2, -0.15) is 8.42 Å². The van der Waals surface area contributed by atoms with Crippen LogP contribution in [0, 0.1) is 0 Å². The largest absolute Gasteiger partial charge is 0.397 e. The number of amides is 1. The molecule has 0 radical (unpaired) electrons. The van der Waals surface area contributed by atoms with Crippen LogP contribution in [0.4, 0.5) is 0 Å². The predicted octanol–water partition coefficient (Wildman–Crippen LogP) is 21.6. The summed E-state index contributed by atoms with van der Waals surface area (Å²) < 4.78 is 48.1. The number of hydrogen-bond acceptors (Lipinski definition) is 10. The molecule has 1 amide bonds. The van der Waals surface area contributed by atoms with Crippen LogP contribution in [0.1, 0.15) is 418 Å². The maximum atomic E-state index is 13.2. The van der Waals surface area contributed by atoms with Gasteiger partial charge in [-0.05, 0) is 19.3 Å². The zero-order chi connectivity index (χ0) is 65.3. The van der Waals surface area contributed by atoms with Gasteiger partial charge in [-0.25, -0.2) is 4.18 Å². The van der Waals surface area contributed by atoms with Gasteiger partial charge in [0, 0.05) is 6.42 Å². The Morgan fingerprint density at radius 3 is 0.967 bits per heavy atom. The van der Waals surface area contributed by atoms with E-state index in [0.717, 1.165) is 38.5 Å². The van der Waals surface area contributed by atoms with Gasteiger partial charge >= 0.3 is 10.4 Å². The van der Waals surface area contributed by atoms with Crippen molar-refractivity contribution in [3.8, 4) is 0 Å². The average molecular weight is 1300 g/mol. The number of ether oxygens (including phenoxy) is 2. The Morgan fingerprint density at radius 1 is 0.433 bits per heavy atom. The first-order valence-corrected chi connectivity index (χ1v) is 40.9. The highest BCUT2D eigenvalue weighted by molar-refractivity contribution is 7.80. The number of carbonyl (C=O) groups is 1. The summed E-state index contributed by atoms with van der Waals surface area (Å²) in [6, 6.07) is -0.942. The lowest BCUT2D eigenvalue weighted by Crippen LogP contribution is -2.61. The standard InChI is InChI=1S/C77H151NO11S/c1-3-5-7-9-11-13-15-17-19-21-23-25-27-29-30-31-32-33-34-35-36-37-38-39-40-41-42-43-45-47-49-51-53-55-57-59-61-63-65-67-73(81)78-70(69-87-77-75(83)76(89-90(84,85)86)74(82)72(68-79)88-77)71(80)66-64-62-60-58-56-54-52-50-48-46-44-28-26-24-22-20-18-16-14-12-10-8-6-4-2/h64,66,70-72,74-77,79-80,82-83H,3-63,65,67-69H2,1-2H3,(H,78,81)(H,84,85,86)/b66-64+. The normalized spacial score (nSPS) is 17.9. The third kappa shape index (κ3) is 57.1. The van der Waals surface area contributed by atoms with Crippen LogP contribution in [0.3, 0.4) is 0 Å². The number of hydrogen-bond donors (Lipinski definition) is 6. The molecule has 1 aliphatic rings. The Hall–Kier alpha value is -1.16. The highest BCUT2D eigenvalue weighted by atomic mass is 32.3. The van der Waals surface area contributed by atoms with Crippen LogP contribution in [0.2, 0.25) is 0 Å². The molecule has 1 saturated heterocycles. The fraction of sp³-hybridized carbons (Fsp3) is 0.961. The van der Waals surface area contributed by atoms with Crippen LogP contribution in [0.25, 0.3) is 0 Å². The van der Waals surface area contributed by atoms with Gasteiger partial charge in [0.1, 0.15) is 24.4 Å². The van der Waals surface area contributed by atoms with Gasteiger partial charge in [0.25, 0.3) is 0 Å². The minimum absolute atomic E-state index is 0.251. The summed E-state index contributed by atoms with van der Waals surface area (Å²) in [6.07, 6.45) is 77.6. The Kier molecular flexibility index (Phi) is 64.1. The van der Waals surface area contributed by atoms with Gasteiger partial charge in [0.15, 0.2) is 6.29 Å². The van der Waals surface area contributed by atoms with Crippen molar-refractivity contribution in [3.05, 3.63) is 12.2 Å². The van der Waals surface area contributed by atoms with Crippen molar-refractivity contribution in [1.82, 2.24) is 5.32 Å². The van der Waals surface area contributed by atoms with Crippen molar-refractivity contribution in [2.75, 3.05) is 13.2 Å². The molecule has 0 spiro atoms. The molecule has 0 bridgehead atoms. The Morgan fingerprint density at radius 2 is 0.700 bits per heavy atom. The number of aliphatic hydroxyl groups is 4. The lowest BCUT2D eigenvalue weighted by Gasteiger charge is -2.41. The Bertz CT molecular complexity index is 1620. The predicted molar refractivity (Wildman–Crippen MR) is 379 cm³/mol. The maximum absolute atomic E-state index is 13.2. The van der Waals surface area contributed by atoms with E-state index >= 15 is 0 Å². The Balaban J connectivity index is 2.14. The molecular weight excluding hydrogens is 1150 g/mol. The van der Waals surface area contributed by atoms with Crippen molar-refractivity contribution in [3.63, 3.8) is 0 Å². The van der Waals surface area contributed by atoms with E-state index in [1.54, 1.807) is 6.08 Å². The van der Waals surface area contributed by atoms with Gasteiger partial charge in [-0.1, -0.05) is 405 Å². The first kappa shape index (κ1) is 86.9. The molecule has 0 aromatic rings. The number of unbranched alkanes of at least 4 members (excludes halogenated alkanes) is 60. The molecule has 1 aliphatic heterocycles. The molecule has 7 atom stereocenters. The summed E-state index contributed by atoms with van der Waals surface area (Å²) in [5.41, 5.74) is 0. The molecule has 90 heavy (non-hydrogen) atoms. The number of nitrogens with one attached hydrogen (secondary N) is 1. The Labute approximate surface area is 557 Å².